The summed E-state index contributed by atoms with van der Waals surface area (Å²) >= 11 is 0. The number of benzene rings is 1. The summed E-state index contributed by atoms with van der Waals surface area (Å²) in [5.74, 6) is 0.0920. The van der Waals surface area contributed by atoms with Crippen molar-refractivity contribution in [2.75, 3.05) is 20.8 Å². The van der Waals surface area contributed by atoms with E-state index in [-0.39, 0.29) is 18.2 Å². The molecule has 1 aromatic rings. The fourth-order valence-electron chi connectivity index (χ4n) is 3.20. The van der Waals surface area contributed by atoms with Crippen LogP contribution in [-0.2, 0) is 9.47 Å². The molecule has 0 radical (unpaired) electrons. The molecule has 0 unspecified atom stereocenters. The van der Waals surface area contributed by atoms with Crippen molar-refractivity contribution in [2.24, 2.45) is 0 Å². The maximum absolute atomic E-state index is 13.0. The highest BCUT2D eigenvalue weighted by atomic mass is 16.7. The number of piperidine rings is 1. The van der Waals surface area contributed by atoms with Gasteiger partial charge in [-0.15, -0.1) is 0 Å². The standard InChI is InChI=1S/C17H25NO3/c1-12-8-7-9-13(2)15(12)16(19)18-11-6-5-10-14(18)17(20-3)21-4/h7-9,14,17H,5-6,10-11H2,1-4H3/t14-/m0/s1. The van der Waals surface area contributed by atoms with Gasteiger partial charge < -0.3 is 14.4 Å². The summed E-state index contributed by atoms with van der Waals surface area (Å²) in [5.41, 5.74) is 2.86. The molecule has 1 atom stereocenters. The molecule has 0 aliphatic carbocycles. The minimum Gasteiger partial charge on any atom is -0.354 e. The molecule has 21 heavy (non-hydrogen) atoms. The highest BCUT2D eigenvalue weighted by Crippen LogP contribution is 2.25. The number of carbonyl (C=O) groups excluding carboxylic acids is 1. The van der Waals surface area contributed by atoms with E-state index < -0.39 is 0 Å². The predicted octanol–water partition coefficient (Wildman–Crippen LogP) is 2.92. The number of amides is 1. The Labute approximate surface area is 127 Å². The molecule has 1 saturated heterocycles. The minimum absolute atomic E-state index is 0.0137. The highest BCUT2D eigenvalue weighted by molar-refractivity contribution is 5.97. The third-order valence-corrected chi connectivity index (χ3v) is 4.28. The lowest BCUT2D eigenvalue weighted by Gasteiger charge is -2.39. The van der Waals surface area contributed by atoms with E-state index in [0.29, 0.717) is 0 Å². The molecule has 1 heterocycles. The lowest BCUT2D eigenvalue weighted by atomic mass is 9.97. The molecule has 1 fully saturated rings. The van der Waals surface area contributed by atoms with Crippen LogP contribution in [0, 0.1) is 13.8 Å². The summed E-state index contributed by atoms with van der Waals surface area (Å²) in [7, 11) is 3.26. The first-order valence-electron chi connectivity index (χ1n) is 7.53. The number of rotatable bonds is 4. The topological polar surface area (TPSA) is 38.8 Å². The second kappa shape index (κ2) is 7.05. The molecule has 0 aromatic heterocycles. The number of hydrogen-bond acceptors (Lipinski definition) is 3. The molecule has 1 amide bonds. The Kier molecular flexibility index (Phi) is 5.37. The smallest absolute Gasteiger partial charge is 0.254 e. The number of methoxy groups -OCH3 is 2. The number of hydrogen-bond donors (Lipinski definition) is 0. The van der Waals surface area contributed by atoms with Gasteiger partial charge in [0, 0.05) is 26.3 Å². The average Bonchev–Trinajstić information content (AvgIpc) is 2.48. The molecule has 0 N–H and O–H groups in total. The van der Waals surface area contributed by atoms with E-state index in [9.17, 15) is 4.79 Å². The molecule has 1 aromatic carbocycles. The van der Waals surface area contributed by atoms with Gasteiger partial charge in [0.15, 0.2) is 6.29 Å². The maximum atomic E-state index is 13.0. The van der Waals surface area contributed by atoms with Crippen LogP contribution >= 0.6 is 0 Å². The second-order valence-corrected chi connectivity index (χ2v) is 5.67. The van der Waals surface area contributed by atoms with Crippen molar-refractivity contribution in [3.05, 3.63) is 34.9 Å². The summed E-state index contributed by atoms with van der Waals surface area (Å²) < 4.78 is 10.8. The van der Waals surface area contributed by atoms with Gasteiger partial charge >= 0.3 is 0 Å². The van der Waals surface area contributed by atoms with Crippen LogP contribution in [-0.4, -0.2) is 43.9 Å². The quantitative estimate of drug-likeness (QED) is 0.801. The minimum atomic E-state index is -0.362. The van der Waals surface area contributed by atoms with Gasteiger partial charge in [-0.25, -0.2) is 0 Å². The van der Waals surface area contributed by atoms with Crippen LogP contribution in [0.3, 0.4) is 0 Å². The van der Waals surface area contributed by atoms with Gasteiger partial charge in [-0.1, -0.05) is 18.2 Å². The molecule has 4 heteroatoms. The molecule has 1 aliphatic rings. The normalized spacial score (nSPS) is 19.1. The van der Waals surface area contributed by atoms with Crippen molar-refractivity contribution in [3.8, 4) is 0 Å². The summed E-state index contributed by atoms with van der Waals surface area (Å²) in [5, 5.41) is 0. The average molecular weight is 291 g/mol. The number of carbonyl (C=O) groups is 1. The molecule has 4 nitrogen and oxygen atoms in total. The van der Waals surface area contributed by atoms with Crippen LogP contribution in [0.5, 0.6) is 0 Å². The Morgan fingerprint density at radius 2 is 1.81 bits per heavy atom. The van der Waals surface area contributed by atoms with Crippen LogP contribution in [0.4, 0.5) is 0 Å². The van der Waals surface area contributed by atoms with E-state index in [0.717, 1.165) is 42.5 Å². The molecule has 2 rings (SSSR count). The van der Waals surface area contributed by atoms with Crippen LogP contribution in [0.15, 0.2) is 18.2 Å². The van der Waals surface area contributed by atoms with Gasteiger partial charge in [0.2, 0.25) is 0 Å². The van der Waals surface area contributed by atoms with E-state index in [1.807, 2.05) is 36.9 Å². The third kappa shape index (κ3) is 3.27. The Balaban J connectivity index is 2.31. The van der Waals surface area contributed by atoms with Gasteiger partial charge in [-0.2, -0.15) is 0 Å². The summed E-state index contributed by atoms with van der Waals surface area (Å²) in [6, 6.07) is 5.95. The summed E-state index contributed by atoms with van der Waals surface area (Å²) in [6.45, 7) is 4.74. The molecule has 0 bridgehead atoms. The van der Waals surface area contributed by atoms with Crippen molar-refractivity contribution >= 4 is 5.91 Å². The van der Waals surface area contributed by atoms with Crippen LogP contribution in [0.2, 0.25) is 0 Å². The SMILES string of the molecule is COC(OC)[C@@H]1CCCCN1C(=O)c1c(C)cccc1C. The Hall–Kier alpha value is -1.39. The number of nitrogens with zero attached hydrogens (tertiary/aromatic N) is 1. The van der Waals surface area contributed by atoms with E-state index in [2.05, 4.69) is 0 Å². The summed E-state index contributed by atoms with van der Waals surface area (Å²) in [6.07, 6.45) is 2.69. The van der Waals surface area contributed by atoms with Gasteiger partial charge in [-0.3, -0.25) is 4.79 Å². The van der Waals surface area contributed by atoms with Crippen molar-refractivity contribution in [2.45, 2.75) is 45.4 Å². The van der Waals surface area contributed by atoms with Crippen molar-refractivity contribution < 1.29 is 14.3 Å². The molecule has 0 saturated carbocycles. The Bertz CT molecular complexity index is 477. The molecule has 116 valence electrons. The second-order valence-electron chi connectivity index (χ2n) is 5.67. The zero-order valence-corrected chi connectivity index (χ0v) is 13.4. The largest absolute Gasteiger partial charge is 0.354 e. The fourth-order valence-corrected chi connectivity index (χ4v) is 3.20. The lowest BCUT2D eigenvalue weighted by molar-refractivity contribution is -0.146. The monoisotopic (exact) mass is 291 g/mol. The zero-order chi connectivity index (χ0) is 15.4. The van der Waals surface area contributed by atoms with Crippen molar-refractivity contribution in [3.63, 3.8) is 0 Å². The van der Waals surface area contributed by atoms with Gasteiger partial charge in [0.05, 0.1) is 6.04 Å². The number of ether oxygens (including phenoxy) is 2. The van der Waals surface area contributed by atoms with E-state index in [1.165, 1.54) is 0 Å². The molecule has 1 aliphatic heterocycles. The zero-order valence-electron chi connectivity index (χ0n) is 13.4. The first-order chi connectivity index (χ1) is 10.1. The Morgan fingerprint density at radius 3 is 2.38 bits per heavy atom. The van der Waals surface area contributed by atoms with Crippen molar-refractivity contribution in [1.29, 1.82) is 0 Å². The maximum Gasteiger partial charge on any atom is 0.254 e. The van der Waals surface area contributed by atoms with Crippen molar-refractivity contribution in [1.82, 2.24) is 4.90 Å². The predicted molar refractivity (Wildman–Crippen MR) is 82.4 cm³/mol. The van der Waals surface area contributed by atoms with Gasteiger partial charge in [-0.05, 0) is 44.2 Å². The van der Waals surface area contributed by atoms with Gasteiger partial charge in [0.25, 0.3) is 5.91 Å². The van der Waals surface area contributed by atoms with Gasteiger partial charge in [0.1, 0.15) is 0 Å². The highest BCUT2D eigenvalue weighted by Gasteiger charge is 2.34. The lowest BCUT2D eigenvalue weighted by Crippen LogP contribution is -2.51. The fraction of sp³-hybridized carbons (Fsp3) is 0.588. The first-order valence-corrected chi connectivity index (χ1v) is 7.53. The van der Waals surface area contributed by atoms with Crippen LogP contribution in [0.1, 0.15) is 40.7 Å². The molecular formula is C17H25NO3. The van der Waals surface area contributed by atoms with E-state index >= 15 is 0 Å². The summed E-state index contributed by atoms with van der Waals surface area (Å²) in [4.78, 5) is 14.9. The third-order valence-electron chi connectivity index (χ3n) is 4.28. The van der Waals surface area contributed by atoms with Crippen LogP contribution < -0.4 is 0 Å². The van der Waals surface area contributed by atoms with Crippen LogP contribution in [0.25, 0.3) is 0 Å². The van der Waals surface area contributed by atoms with E-state index in [4.69, 9.17) is 9.47 Å². The molecule has 0 spiro atoms. The van der Waals surface area contributed by atoms with E-state index in [1.54, 1.807) is 14.2 Å². The molecular weight excluding hydrogens is 266 g/mol. The number of aryl methyl sites for hydroxylation is 2. The first kappa shape index (κ1) is 16.0. The Morgan fingerprint density at radius 1 is 1.19 bits per heavy atom. The number of likely N-dealkylation sites (tertiary alicyclic amines) is 1.